The second kappa shape index (κ2) is 18.1. The Hall–Kier alpha value is -1.99. The third kappa shape index (κ3) is 9.40. The molecular formula is C42H76B2N3O9-. The summed E-state index contributed by atoms with van der Waals surface area (Å²) < 4.78 is 24.9. The highest BCUT2D eigenvalue weighted by Crippen LogP contribution is 2.67. The first-order valence-electron chi connectivity index (χ1n) is 21.1. The standard InChI is InChI=1S/C21H36BNO4.C12H22BNO2.C8H15NO3.CH3/c1-8-12(2)19(25)23-14(4)16(24)9-13(3)22-26-18-11-15-10-17(20(15,5)6)21(18,7)27-22;1-7(14)13-15-10-6-8-5-9(11(8,2)3)12(10,4)16-13;1-4-5(2)7(10)9-6(3)8(11)12;/h12-15,17-18H,8-11H2,1-7H3,(H,23,25);7-10H,5-6,14H2,1-4H3;5-6H,4H2,1-3H3,(H,9,10)(H,11,12);1H3/q;;;-1/t12?,13-,14?,15+,17+,18-,21+;7-,8-,9-,10+,12-;;/m10../s1. The molecule has 8 rings (SSSR count). The fraction of sp³-hybridized carbons (Fsp3) is 0.881. The fourth-order valence-electron chi connectivity index (χ4n) is 10.1. The van der Waals surface area contributed by atoms with Crippen LogP contribution in [0.15, 0.2) is 0 Å². The summed E-state index contributed by atoms with van der Waals surface area (Å²) in [6, 6.07) is -1.27. The van der Waals surface area contributed by atoms with E-state index < -0.39 is 18.1 Å². The van der Waals surface area contributed by atoms with Crippen molar-refractivity contribution in [1.82, 2.24) is 10.6 Å². The topological polar surface area (TPSA) is 176 Å². The van der Waals surface area contributed by atoms with Gasteiger partial charge >= 0.3 is 20.2 Å². The largest absolute Gasteiger partial charge is 0.480 e. The molecule has 56 heavy (non-hydrogen) atoms. The van der Waals surface area contributed by atoms with Crippen LogP contribution in [0.5, 0.6) is 0 Å². The summed E-state index contributed by atoms with van der Waals surface area (Å²) in [7, 11) is -0.540. The number of carboxylic acids is 1. The number of carboxylic acid groups (broad SMARTS) is 1. The number of nitrogens with one attached hydrogen (secondary N) is 2. The van der Waals surface area contributed by atoms with Crippen molar-refractivity contribution in [3.8, 4) is 0 Å². The van der Waals surface area contributed by atoms with Crippen molar-refractivity contribution < 1.29 is 42.9 Å². The Balaban J connectivity index is 0.000000246. The lowest BCUT2D eigenvalue weighted by Gasteiger charge is -2.64. The Kier molecular flexibility index (Phi) is 15.6. The van der Waals surface area contributed by atoms with E-state index in [0.717, 1.165) is 37.5 Å². The van der Waals surface area contributed by atoms with Gasteiger partial charge in [0.05, 0.1) is 29.5 Å². The number of carbonyl (C=O) groups excluding carboxylic acids is 3. The zero-order valence-electron chi connectivity index (χ0n) is 37.3. The molecule has 2 saturated heterocycles. The van der Waals surface area contributed by atoms with Crippen molar-refractivity contribution in [3.63, 3.8) is 0 Å². The van der Waals surface area contributed by atoms with Gasteiger partial charge in [-0.05, 0) is 107 Å². The second-order valence-electron chi connectivity index (χ2n) is 19.6. The molecule has 2 amide bonds. The number of rotatable bonds is 12. The molecule has 0 spiro atoms. The van der Waals surface area contributed by atoms with Crippen LogP contribution in [0.1, 0.15) is 142 Å². The monoisotopic (exact) mass is 789 g/mol. The van der Waals surface area contributed by atoms with Crippen LogP contribution in [0.4, 0.5) is 0 Å². The van der Waals surface area contributed by atoms with E-state index in [1.54, 1.807) is 13.8 Å². The molecule has 4 bridgehead atoms. The SMILES string of the molecule is CCC(C)C(=O)NC(C)C(=O)C[C@@H](C)B1O[C@@H]2C[C@@H]3C[C@@H](C3(C)C)[C@]2(C)O1.CCC(C)C(=O)NC(C)C(=O)O.C[C@H](N)B1O[C@@H]2C[C@@H]3C[C@@H](C3(C)C)[C@]2(C)O1.[CH3-]. The third-order valence-corrected chi connectivity index (χ3v) is 15.0. The lowest BCUT2D eigenvalue weighted by molar-refractivity contribution is -0.199. The number of ketones is 1. The van der Waals surface area contributed by atoms with Crippen LogP contribution in [0.2, 0.25) is 5.82 Å². The molecule has 0 aromatic heterocycles. The molecule has 2 aliphatic heterocycles. The van der Waals surface area contributed by atoms with Gasteiger partial charge in [0.1, 0.15) is 6.04 Å². The van der Waals surface area contributed by atoms with Crippen LogP contribution >= 0.6 is 0 Å². The van der Waals surface area contributed by atoms with Crippen molar-refractivity contribution in [2.75, 3.05) is 0 Å². The molecule has 14 heteroatoms. The highest BCUT2D eigenvalue weighted by Gasteiger charge is 2.69. The van der Waals surface area contributed by atoms with E-state index in [2.05, 4.69) is 52.2 Å². The Morgan fingerprint density at radius 2 is 1.09 bits per heavy atom. The van der Waals surface area contributed by atoms with Crippen LogP contribution < -0.4 is 16.4 Å². The van der Waals surface area contributed by atoms with E-state index >= 15 is 0 Å². The van der Waals surface area contributed by atoms with Crippen LogP contribution in [0.3, 0.4) is 0 Å². The van der Waals surface area contributed by atoms with Gasteiger partial charge in [0.15, 0.2) is 5.78 Å². The molecule has 12 nitrogen and oxygen atoms in total. The second-order valence-corrected chi connectivity index (χ2v) is 19.6. The number of nitrogens with two attached hydrogens (primary N) is 1. The number of aliphatic carboxylic acids is 1. The molecule has 6 saturated carbocycles. The van der Waals surface area contributed by atoms with E-state index in [9.17, 15) is 19.2 Å². The Bertz CT molecular complexity index is 1410. The lowest BCUT2D eigenvalue weighted by atomic mass is 9.43. The molecule has 0 radical (unpaired) electrons. The Labute approximate surface area is 339 Å². The number of hydrogen-bond acceptors (Lipinski definition) is 9. The number of Topliss-reactive ketones (excluding diaryl/α,β-unsaturated/α-hetero) is 1. The Morgan fingerprint density at radius 3 is 1.46 bits per heavy atom. The van der Waals surface area contributed by atoms with Gasteiger partial charge in [0.2, 0.25) is 11.8 Å². The molecule has 8 fully saturated rings. The molecule has 4 unspecified atom stereocenters. The molecule has 8 aliphatic rings. The zero-order valence-corrected chi connectivity index (χ0v) is 37.3. The molecule has 0 aromatic rings. The lowest BCUT2D eigenvalue weighted by Crippen LogP contribution is -2.65. The number of carbonyl (C=O) groups is 4. The maximum absolute atomic E-state index is 12.6. The normalized spacial score (nSPS) is 35.6. The third-order valence-electron chi connectivity index (χ3n) is 15.0. The minimum absolute atomic E-state index is 0. The summed E-state index contributed by atoms with van der Waals surface area (Å²) in [6.45, 7) is 28.5. The van der Waals surface area contributed by atoms with Gasteiger partial charge in [-0.3, -0.25) is 19.2 Å². The smallest absolute Gasteiger partial charge is 0.475 e. The average molecular weight is 789 g/mol. The quantitative estimate of drug-likeness (QED) is 0.130. The maximum atomic E-state index is 12.6. The molecule has 5 N–H and O–H groups in total. The minimum Gasteiger partial charge on any atom is -0.480 e. The molecular weight excluding hydrogens is 712 g/mol. The zero-order chi connectivity index (χ0) is 41.6. The van der Waals surface area contributed by atoms with Gasteiger partial charge in [-0.2, -0.15) is 0 Å². The van der Waals surface area contributed by atoms with E-state index in [0.29, 0.717) is 29.1 Å². The predicted molar refractivity (Wildman–Crippen MR) is 221 cm³/mol. The van der Waals surface area contributed by atoms with Gasteiger partial charge in [0, 0.05) is 24.2 Å². The first-order chi connectivity index (χ1) is 25.3. The van der Waals surface area contributed by atoms with Gasteiger partial charge < -0.3 is 47.5 Å². The van der Waals surface area contributed by atoms with Crippen molar-refractivity contribution >= 4 is 37.8 Å². The molecule has 0 aromatic carbocycles. The van der Waals surface area contributed by atoms with Gasteiger partial charge in [0.25, 0.3) is 0 Å². The van der Waals surface area contributed by atoms with E-state index in [1.165, 1.54) is 19.8 Å². The van der Waals surface area contributed by atoms with E-state index in [4.69, 9.17) is 29.5 Å². The highest BCUT2D eigenvalue weighted by molar-refractivity contribution is 6.48. The molecule has 6 aliphatic carbocycles. The van der Waals surface area contributed by atoms with Crippen LogP contribution in [-0.2, 0) is 37.8 Å². The maximum Gasteiger partial charge on any atom is 0.475 e. The van der Waals surface area contributed by atoms with Crippen molar-refractivity contribution in [2.45, 2.75) is 189 Å². The fourth-order valence-corrected chi connectivity index (χ4v) is 10.1. The van der Waals surface area contributed by atoms with Gasteiger partial charge in [-0.15, -0.1) is 0 Å². The Morgan fingerprint density at radius 1 is 0.696 bits per heavy atom. The van der Waals surface area contributed by atoms with E-state index in [-0.39, 0.29) is 86.3 Å². The summed E-state index contributed by atoms with van der Waals surface area (Å²) >= 11 is 0. The minimum atomic E-state index is -1.01. The van der Waals surface area contributed by atoms with Crippen LogP contribution in [0, 0.1) is 53.8 Å². The first kappa shape index (κ1) is 48.4. The average Bonchev–Trinajstić information content (AvgIpc) is 3.68. The van der Waals surface area contributed by atoms with E-state index in [1.807, 2.05) is 34.6 Å². The molecule has 320 valence electrons. The van der Waals surface area contributed by atoms with Gasteiger partial charge in [-0.1, -0.05) is 69.2 Å². The van der Waals surface area contributed by atoms with Crippen molar-refractivity contribution in [2.24, 2.45) is 52.1 Å². The predicted octanol–water partition coefficient (Wildman–Crippen LogP) is 6.29. The molecule has 14 atom stereocenters. The molecule has 2 heterocycles. The summed E-state index contributed by atoms with van der Waals surface area (Å²) in [5.41, 5.74) is 6.28. The summed E-state index contributed by atoms with van der Waals surface area (Å²) in [6.07, 6.45) is 6.97. The summed E-state index contributed by atoms with van der Waals surface area (Å²) in [4.78, 5) is 46.1. The van der Waals surface area contributed by atoms with Crippen molar-refractivity contribution in [1.29, 1.82) is 0 Å². The van der Waals surface area contributed by atoms with Crippen LogP contribution in [-0.4, -0.2) is 84.3 Å². The highest BCUT2D eigenvalue weighted by atomic mass is 16.7. The number of amides is 2. The summed E-state index contributed by atoms with van der Waals surface area (Å²) in [5, 5.41) is 13.7. The van der Waals surface area contributed by atoms with Crippen molar-refractivity contribution in [3.05, 3.63) is 7.43 Å². The van der Waals surface area contributed by atoms with Crippen LogP contribution in [0.25, 0.3) is 0 Å². The number of hydrogen-bond donors (Lipinski definition) is 4. The first-order valence-corrected chi connectivity index (χ1v) is 21.1. The summed E-state index contributed by atoms with van der Waals surface area (Å²) in [5.74, 6) is 1.20. The van der Waals surface area contributed by atoms with Gasteiger partial charge in [-0.25, -0.2) is 0 Å².